The summed E-state index contributed by atoms with van der Waals surface area (Å²) in [4.78, 5) is 37.8. The van der Waals surface area contributed by atoms with Crippen LogP contribution in [0, 0.1) is 12.8 Å². The molecule has 2 atom stereocenters. The summed E-state index contributed by atoms with van der Waals surface area (Å²) in [7, 11) is 0. The normalized spacial score (nSPS) is 22.3. The third-order valence-electron chi connectivity index (χ3n) is 5.12. The zero-order valence-electron chi connectivity index (χ0n) is 15.0. The monoisotopic (exact) mass is 364 g/mol. The summed E-state index contributed by atoms with van der Waals surface area (Å²) in [6.45, 7) is 1.96. The van der Waals surface area contributed by atoms with Gasteiger partial charge in [0.05, 0.1) is 12.2 Å². The van der Waals surface area contributed by atoms with Crippen LogP contribution in [0.2, 0.25) is 0 Å². The number of hydrogen-bond donors (Lipinski definition) is 2. The van der Waals surface area contributed by atoms with Crippen molar-refractivity contribution in [1.29, 1.82) is 0 Å². The van der Waals surface area contributed by atoms with Crippen molar-refractivity contribution in [2.24, 2.45) is 5.92 Å². The van der Waals surface area contributed by atoms with Gasteiger partial charge in [-0.3, -0.25) is 14.4 Å². The molecule has 138 valence electrons. The van der Waals surface area contributed by atoms with Crippen molar-refractivity contribution in [1.82, 2.24) is 5.32 Å². The Morgan fingerprint density at radius 3 is 2.59 bits per heavy atom. The topological polar surface area (TPSA) is 88.4 Å². The van der Waals surface area contributed by atoms with Crippen LogP contribution in [-0.4, -0.2) is 17.6 Å². The predicted molar refractivity (Wildman–Crippen MR) is 98.8 cm³/mol. The van der Waals surface area contributed by atoms with Crippen LogP contribution in [0.25, 0.3) is 0 Å². The second-order valence-corrected chi connectivity index (χ2v) is 7.10. The van der Waals surface area contributed by atoms with Crippen molar-refractivity contribution in [3.05, 3.63) is 65.3 Å². The highest BCUT2D eigenvalue weighted by molar-refractivity contribution is 6.09. The van der Waals surface area contributed by atoms with Gasteiger partial charge in [0, 0.05) is 35.7 Å². The van der Waals surface area contributed by atoms with E-state index in [0.29, 0.717) is 23.4 Å². The molecule has 0 unspecified atom stereocenters. The minimum absolute atomic E-state index is 0.0202. The molecule has 1 aliphatic heterocycles. The highest BCUT2D eigenvalue weighted by Gasteiger charge is 2.41. The van der Waals surface area contributed by atoms with Crippen LogP contribution in [0.4, 0.5) is 5.69 Å². The third kappa shape index (κ3) is 3.43. The molecule has 0 saturated carbocycles. The Morgan fingerprint density at radius 2 is 1.89 bits per heavy atom. The Morgan fingerprint density at radius 1 is 1.11 bits per heavy atom. The Hall–Kier alpha value is -3.15. The van der Waals surface area contributed by atoms with Crippen molar-refractivity contribution in [2.75, 3.05) is 5.32 Å². The molecule has 0 spiro atoms. The number of nitrogens with one attached hydrogen (secondary N) is 2. The quantitative estimate of drug-likeness (QED) is 0.876. The zero-order valence-corrected chi connectivity index (χ0v) is 15.0. The second kappa shape index (κ2) is 6.87. The number of Topliss-reactive ketones (excluding diaryl/α,β-unsaturated/α-hetero) is 1. The lowest BCUT2D eigenvalue weighted by molar-refractivity contribution is -0.129. The number of carbonyl (C=O) groups is 3. The van der Waals surface area contributed by atoms with Crippen LogP contribution >= 0.6 is 0 Å². The number of ketones is 1. The number of allylic oxidation sites excluding steroid dienone is 1. The third-order valence-corrected chi connectivity index (χ3v) is 5.12. The maximum absolute atomic E-state index is 12.8. The number of rotatable bonds is 3. The van der Waals surface area contributed by atoms with E-state index in [1.54, 1.807) is 24.5 Å². The lowest BCUT2D eigenvalue weighted by Gasteiger charge is -2.32. The summed E-state index contributed by atoms with van der Waals surface area (Å²) in [6, 6.07) is 11.0. The molecule has 2 aliphatic rings. The molecule has 6 nitrogen and oxygen atoms in total. The number of aryl methyl sites for hydroxylation is 1. The molecule has 4 rings (SSSR count). The average molecular weight is 364 g/mol. The molecular weight excluding hydrogens is 344 g/mol. The molecule has 2 amide bonds. The molecule has 0 bridgehead atoms. The molecule has 1 aromatic heterocycles. The molecule has 0 saturated heterocycles. The lowest BCUT2D eigenvalue weighted by Crippen LogP contribution is -2.43. The molecule has 0 radical (unpaired) electrons. The van der Waals surface area contributed by atoms with Gasteiger partial charge in [0.2, 0.25) is 11.8 Å². The SMILES string of the molecule is Cc1ccc(NC(=O)[C@@H]2CC(=O)NC3=C2C(=O)C[C@@H](c2ccco2)C3)cc1. The van der Waals surface area contributed by atoms with Crippen LogP contribution in [0.3, 0.4) is 0 Å². The van der Waals surface area contributed by atoms with Crippen molar-refractivity contribution < 1.29 is 18.8 Å². The van der Waals surface area contributed by atoms with Crippen LogP contribution in [0.1, 0.15) is 36.5 Å². The first-order valence-electron chi connectivity index (χ1n) is 8.98. The van der Waals surface area contributed by atoms with E-state index in [2.05, 4.69) is 10.6 Å². The Labute approximate surface area is 156 Å². The standard InChI is InChI=1S/C21H20N2O4/c1-12-4-6-14(7-5-12)22-21(26)15-11-19(25)23-16-9-13(10-17(24)20(15)16)18-3-2-8-27-18/h2-8,13,15H,9-11H2,1H3,(H,22,26)(H,23,25)/t13-,15+/m0/s1. The molecule has 27 heavy (non-hydrogen) atoms. The summed E-state index contributed by atoms with van der Waals surface area (Å²) in [6.07, 6.45) is 2.31. The van der Waals surface area contributed by atoms with Crippen molar-refractivity contribution >= 4 is 23.3 Å². The molecule has 2 N–H and O–H groups in total. The lowest BCUT2D eigenvalue weighted by atomic mass is 9.76. The Balaban J connectivity index is 1.60. The number of furan rings is 1. The van der Waals surface area contributed by atoms with E-state index in [9.17, 15) is 14.4 Å². The molecular formula is C21H20N2O4. The summed E-state index contributed by atoms with van der Waals surface area (Å²) >= 11 is 0. The van der Waals surface area contributed by atoms with Gasteiger partial charge in [-0.15, -0.1) is 0 Å². The van der Waals surface area contributed by atoms with Gasteiger partial charge in [-0.1, -0.05) is 17.7 Å². The van der Waals surface area contributed by atoms with Crippen LogP contribution in [-0.2, 0) is 14.4 Å². The van der Waals surface area contributed by atoms with Crippen LogP contribution in [0.15, 0.2) is 58.3 Å². The maximum atomic E-state index is 12.8. The number of carbonyl (C=O) groups excluding carboxylic acids is 3. The van der Waals surface area contributed by atoms with Gasteiger partial charge in [0.15, 0.2) is 5.78 Å². The second-order valence-electron chi connectivity index (χ2n) is 7.10. The minimum atomic E-state index is -0.764. The van der Waals surface area contributed by atoms with E-state index < -0.39 is 5.92 Å². The van der Waals surface area contributed by atoms with E-state index in [1.165, 1.54) is 0 Å². The van der Waals surface area contributed by atoms with Crippen LogP contribution in [0.5, 0.6) is 0 Å². The summed E-state index contributed by atoms with van der Waals surface area (Å²) in [5, 5.41) is 5.62. The van der Waals surface area contributed by atoms with Crippen molar-refractivity contribution in [3.8, 4) is 0 Å². The predicted octanol–water partition coefficient (Wildman–Crippen LogP) is 3.06. The average Bonchev–Trinajstić information content (AvgIpc) is 3.17. The first kappa shape index (κ1) is 17.3. The molecule has 0 fully saturated rings. The van der Waals surface area contributed by atoms with E-state index in [1.807, 2.05) is 25.1 Å². The smallest absolute Gasteiger partial charge is 0.232 e. The summed E-state index contributed by atoms with van der Waals surface area (Å²) < 4.78 is 5.42. The summed E-state index contributed by atoms with van der Waals surface area (Å²) in [5.74, 6) is -0.848. The van der Waals surface area contributed by atoms with Gasteiger partial charge in [0.1, 0.15) is 5.76 Å². The van der Waals surface area contributed by atoms with E-state index in [4.69, 9.17) is 4.42 Å². The summed E-state index contributed by atoms with van der Waals surface area (Å²) in [5.41, 5.74) is 2.71. The van der Waals surface area contributed by atoms with Gasteiger partial charge in [-0.25, -0.2) is 0 Å². The van der Waals surface area contributed by atoms with Gasteiger partial charge >= 0.3 is 0 Å². The van der Waals surface area contributed by atoms with Gasteiger partial charge in [0.25, 0.3) is 0 Å². The van der Waals surface area contributed by atoms with Gasteiger partial charge in [-0.05, 0) is 37.6 Å². The first-order valence-corrected chi connectivity index (χ1v) is 8.98. The number of hydrogen-bond acceptors (Lipinski definition) is 4. The minimum Gasteiger partial charge on any atom is -0.469 e. The molecule has 1 aliphatic carbocycles. The maximum Gasteiger partial charge on any atom is 0.232 e. The first-order chi connectivity index (χ1) is 13.0. The highest BCUT2D eigenvalue weighted by Crippen LogP contribution is 2.39. The highest BCUT2D eigenvalue weighted by atomic mass is 16.3. The van der Waals surface area contributed by atoms with Gasteiger partial charge < -0.3 is 15.1 Å². The molecule has 1 aromatic carbocycles. The van der Waals surface area contributed by atoms with E-state index in [0.717, 1.165) is 11.3 Å². The Kier molecular flexibility index (Phi) is 4.39. The largest absolute Gasteiger partial charge is 0.469 e. The molecule has 2 aromatic rings. The van der Waals surface area contributed by atoms with Gasteiger partial charge in [-0.2, -0.15) is 0 Å². The van der Waals surface area contributed by atoms with Crippen molar-refractivity contribution in [3.63, 3.8) is 0 Å². The fourth-order valence-corrected chi connectivity index (χ4v) is 3.78. The Bertz CT molecular complexity index is 926. The van der Waals surface area contributed by atoms with Crippen molar-refractivity contribution in [2.45, 2.75) is 32.1 Å². The number of amides is 2. The number of anilines is 1. The van der Waals surface area contributed by atoms with E-state index >= 15 is 0 Å². The number of benzene rings is 1. The molecule has 2 heterocycles. The zero-order chi connectivity index (χ0) is 19.0. The van der Waals surface area contributed by atoms with Crippen LogP contribution < -0.4 is 10.6 Å². The fraction of sp³-hybridized carbons (Fsp3) is 0.286. The van der Waals surface area contributed by atoms with E-state index in [-0.39, 0.29) is 36.4 Å². The molecule has 6 heteroatoms. The fourth-order valence-electron chi connectivity index (χ4n) is 3.78.